The largest absolute Gasteiger partial charge is 0.488 e. The van der Waals surface area contributed by atoms with Crippen molar-refractivity contribution in [3.8, 4) is 5.75 Å². The van der Waals surface area contributed by atoms with Gasteiger partial charge in [-0.1, -0.05) is 0 Å². The molecule has 2 amide bonds. The molecule has 4 atom stereocenters. The van der Waals surface area contributed by atoms with E-state index in [2.05, 4.69) is 21.5 Å². The Bertz CT molecular complexity index is 1160. The molecule has 190 valence electrons. The lowest BCUT2D eigenvalue weighted by Crippen LogP contribution is -2.40. The predicted octanol–water partition coefficient (Wildman–Crippen LogP) is 2.19. The minimum atomic E-state index is -0.00321. The molecule has 0 bridgehead atoms. The van der Waals surface area contributed by atoms with E-state index in [4.69, 9.17) is 9.47 Å². The molecule has 1 N–H and O–H groups in total. The predicted molar refractivity (Wildman–Crippen MR) is 130 cm³/mol. The van der Waals surface area contributed by atoms with Crippen molar-refractivity contribution >= 4 is 11.8 Å². The van der Waals surface area contributed by atoms with Gasteiger partial charge in [0.25, 0.3) is 5.91 Å². The Balaban J connectivity index is 0.985. The fourth-order valence-electron chi connectivity index (χ4n) is 6.56. The summed E-state index contributed by atoms with van der Waals surface area (Å²) in [6.07, 6.45) is 5.68. The van der Waals surface area contributed by atoms with Gasteiger partial charge < -0.3 is 19.3 Å². The highest BCUT2D eigenvalue weighted by molar-refractivity contribution is 5.95. The first-order chi connectivity index (χ1) is 17.6. The van der Waals surface area contributed by atoms with Crippen molar-refractivity contribution in [1.29, 1.82) is 0 Å². The summed E-state index contributed by atoms with van der Waals surface area (Å²) in [5, 5.41) is 11.1. The maximum Gasteiger partial charge on any atom is 0.253 e. The highest BCUT2D eigenvalue weighted by Gasteiger charge is 2.44. The monoisotopic (exact) mass is 491 g/mol. The van der Waals surface area contributed by atoms with Gasteiger partial charge >= 0.3 is 0 Å². The summed E-state index contributed by atoms with van der Waals surface area (Å²) >= 11 is 0. The summed E-state index contributed by atoms with van der Waals surface area (Å²) in [4.78, 5) is 30.7. The molecule has 5 aliphatic rings. The second-order valence-electron chi connectivity index (χ2n) is 11.3. The number of carbonyl (C=O) groups excluding carboxylic acids is 2. The van der Waals surface area contributed by atoms with E-state index in [0.29, 0.717) is 30.8 Å². The summed E-state index contributed by atoms with van der Waals surface area (Å²) in [5.74, 6) is 2.47. The lowest BCUT2D eigenvalue weighted by atomic mass is 9.89. The second kappa shape index (κ2) is 8.87. The van der Waals surface area contributed by atoms with Crippen molar-refractivity contribution in [1.82, 2.24) is 25.2 Å². The van der Waals surface area contributed by atoms with Gasteiger partial charge in [-0.05, 0) is 55.4 Å². The zero-order chi connectivity index (χ0) is 24.2. The van der Waals surface area contributed by atoms with Crippen molar-refractivity contribution in [2.24, 2.45) is 17.8 Å². The van der Waals surface area contributed by atoms with E-state index < -0.39 is 0 Å². The number of nitrogens with zero attached hydrogens (tertiary/aromatic N) is 4. The van der Waals surface area contributed by atoms with Crippen LogP contribution >= 0.6 is 0 Å². The zero-order valence-corrected chi connectivity index (χ0v) is 20.5. The van der Waals surface area contributed by atoms with Crippen LogP contribution in [0, 0.1) is 17.8 Å². The van der Waals surface area contributed by atoms with Crippen LogP contribution in [0.4, 0.5) is 0 Å². The van der Waals surface area contributed by atoms with E-state index in [0.717, 1.165) is 87.6 Å². The molecular formula is C27H33N5O4. The van der Waals surface area contributed by atoms with Crippen molar-refractivity contribution in [3.63, 3.8) is 0 Å². The van der Waals surface area contributed by atoms with Crippen LogP contribution in [0.5, 0.6) is 5.75 Å². The number of ether oxygens (including phenoxy) is 2. The van der Waals surface area contributed by atoms with Gasteiger partial charge in [0.15, 0.2) is 0 Å². The number of rotatable bonds is 5. The summed E-state index contributed by atoms with van der Waals surface area (Å²) in [6.45, 7) is 4.34. The van der Waals surface area contributed by atoms with Crippen LogP contribution in [0.2, 0.25) is 0 Å². The average Bonchev–Trinajstić information content (AvgIpc) is 3.27. The van der Waals surface area contributed by atoms with Crippen molar-refractivity contribution in [2.45, 2.75) is 50.5 Å². The van der Waals surface area contributed by atoms with Crippen LogP contribution in [0.25, 0.3) is 0 Å². The summed E-state index contributed by atoms with van der Waals surface area (Å²) < 4.78 is 11.7. The van der Waals surface area contributed by atoms with Crippen molar-refractivity contribution in [2.75, 3.05) is 39.4 Å². The lowest BCUT2D eigenvalue weighted by molar-refractivity contribution is -0.135. The number of hydrogen-bond donors (Lipinski definition) is 1. The van der Waals surface area contributed by atoms with Crippen LogP contribution in [-0.4, -0.2) is 82.5 Å². The first-order valence-corrected chi connectivity index (χ1v) is 13.5. The third kappa shape index (κ3) is 4.07. The second-order valence-corrected chi connectivity index (χ2v) is 11.3. The molecule has 4 fully saturated rings. The molecule has 3 aliphatic heterocycles. The van der Waals surface area contributed by atoms with Crippen LogP contribution < -0.4 is 4.74 Å². The summed E-state index contributed by atoms with van der Waals surface area (Å²) in [5.41, 5.74) is 3.87. The molecule has 1 aromatic carbocycles. The molecule has 36 heavy (non-hydrogen) atoms. The van der Waals surface area contributed by atoms with Gasteiger partial charge in [-0.2, -0.15) is 15.4 Å². The van der Waals surface area contributed by atoms with Crippen LogP contribution in [0.15, 0.2) is 18.2 Å². The van der Waals surface area contributed by atoms with E-state index in [1.165, 1.54) is 5.56 Å². The normalized spacial score (nSPS) is 29.3. The van der Waals surface area contributed by atoms with E-state index >= 15 is 0 Å². The van der Waals surface area contributed by atoms with Crippen LogP contribution in [-0.2, 0) is 22.4 Å². The molecule has 2 aliphatic carbocycles. The number of aromatic amines is 1. The lowest BCUT2D eigenvalue weighted by Gasteiger charge is -2.27. The third-order valence-electron chi connectivity index (χ3n) is 8.76. The molecule has 7 rings (SSSR count). The maximum absolute atomic E-state index is 13.5. The Morgan fingerprint density at radius 2 is 1.75 bits per heavy atom. The highest BCUT2D eigenvalue weighted by atomic mass is 16.5. The number of benzene rings is 1. The SMILES string of the molecule is O=C(c1ccc(OC2CCOC2)c(C2CC2)c1)N1CC2CN(C(=O)C3CCc4n[nH]nc4C3)CC2C1. The Hall–Kier alpha value is -2.94. The number of aromatic nitrogens is 3. The molecule has 9 nitrogen and oxygen atoms in total. The van der Waals surface area contributed by atoms with Gasteiger partial charge in [-0.3, -0.25) is 9.59 Å². The molecule has 1 aromatic heterocycles. The smallest absolute Gasteiger partial charge is 0.253 e. The molecule has 0 radical (unpaired) electrons. The fourth-order valence-corrected chi connectivity index (χ4v) is 6.56. The quantitative estimate of drug-likeness (QED) is 0.688. The molecule has 1 saturated carbocycles. The van der Waals surface area contributed by atoms with E-state index in [1.807, 2.05) is 21.9 Å². The zero-order valence-electron chi connectivity index (χ0n) is 20.5. The van der Waals surface area contributed by atoms with Crippen molar-refractivity contribution in [3.05, 3.63) is 40.7 Å². The molecule has 4 unspecified atom stereocenters. The summed E-state index contributed by atoms with van der Waals surface area (Å²) in [7, 11) is 0. The number of nitrogens with one attached hydrogen (secondary N) is 1. The minimum Gasteiger partial charge on any atom is -0.488 e. The summed E-state index contributed by atoms with van der Waals surface area (Å²) in [6, 6.07) is 5.97. The van der Waals surface area contributed by atoms with Crippen LogP contribution in [0.1, 0.15) is 58.9 Å². The number of hydrogen-bond acceptors (Lipinski definition) is 6. The molecule has 9 heteroatoms. The Kier molecular flexibility index (Phi) is 5.49. The number of aryl methyl sites for hydroxylation is 1. The van der Waals surface area contributed by atoms with Crippen molar-refractivity contribution < 1.29 is 19.1 Å². The molecule has 3 saturated heterocycles. The topological polar surface area (TPSA) is 101 Å². The van der Waals surface area contributed by atoms with Crippen LogP contribution in [0.3, 0.4) is 0 Å². The number of fused-ring (bicyclic) bond motifs is 2. The molecule has 2 aromatic rings. The van der Waals surface area contributed by atoms with Gasteiger partial charge in [0, 0.05) is 62.3 Å². The Morgan fingerprint density at radius 3 is 2.50 bits per heavy atom. The Morgan fingerprint density at radius 1 is 0.972 bits per heavy atom. The van der Waals surface area contributed by atoms with Gasteiger partial charge in [0.05, 0.1) is 24.6 Å². The minimum absolute atomic E-state index is 0.00321. The highest BCUT2D eigenvalue weighted by Crippen LogP contribution is 2.45. The average molecular weight is 492 g/mol. The number of amides is 2. The van der Waals surface area contributed by atoms with E-state index in [1.54, 1.807) is 0 Å². The molecule has 0 spiro atoms. The van der Waals surface area contributed by atoms with E-state index in [-0.39, 0.29) is 23.8 Å². The Labute approximate surface area is 210 Å². The van der Waals surface area contributed by atoms with Gasteiger partial charge in [0.1, 0.15) is 11.9 Å². The number of likely N-dealkylation sites (tertiary alicyclic amines) is 2. The van der Waals surface area contributed by atoms with Gasteiger partial charge in [-0.25, -0.2) is 0 Å². The molecular weight excluding hydrogens is 458 g/mol. The van der Waals surface area contributed by atoms with Gasteiger partial charge in [0.2, 0.25) is 5.91 Å². The maximum atomic E-state index is 13.5. The number of carbonyl (C=O) groups is 2. The first-order valence-electron chi connectivity index (χ1n) is 13.5. The van der Waals surface area contributed by atoms with Gasteiger partial charge in [-0.15, -0.1) is 0 Å². The fraction of sp³-hybridized carbons (Fsp3) is 0.630. The first kappa shape index (κ1) is 22.3. The number of H-pyrrole nitrogens is 1. The van der Waals surface area contributed by atoms with E-state index in [9.17, 15) is 9.59 Å². The standard InChI is InChI=1S/C27H33N5O4/c33-26(17-4-6-25(22(9-17)16-1-2-16)36-21-7-8-35-15-21)31-11-19-13-32(14-20(19)12-31)27(34)18-3-5-23-24(10-18)29-30-28-23/h4,6,9,16,18-21H,1-3,5,7-8,10-15H2,(H,28,29,30). The third-order valence-corrected chi connectivity index (χ3v) is 8.76. The molecule has 4 heterocycles.